The minimum atomic E-state index is 0.833. The molecule has 0 aliphatic rings. The summed E-state index contributed by atoms with van der Waals surface area (Å²) in [6, 6.07) is 48.3. The molecule has 0 spiro atoms. The standard InChI is InChI=1S/3C11H9N.C4H10/c3*1-2-6-10(7-3-1)11-8-4-5-9-12-11;1-4(2)3/h3*1-9H;4H,1-3H3. The van der Waals surface area contributed by atoms with Crippen LogP contribution in [0.1, 0.15) is 20.8 Å². The Morgan fingerprint density at radius 1 is 0.325 bits per heavy atom. The van der Waals surface area contributed by atoms with E-state index >= 15 is 0 Å². The van der Waals surface area contributed by atoms with Gasteiger partial charge in [0.15, 0.2) is 0 Å². The highest BCUT2D eigenvalue weighted by atomic mass is 14.7. The van der Waals surface area contributed by atoms with Crippen molar-refractivity contribution < 1.29 is 0 Å². The highest BCUT2D eigenvalue weighted by molar-refractivity contribution is 5.59. The van der Waals surface area contributed by atoms with E-state index < -0.39 is 0 Å². The van der Waals surface area contributed by atoms with Crippen molar-refractivity contribution >= 4 is 0 Å². The molecule has 0 saturated heterocycles. The van der Waals surface area contributed by atoms with Crippen molar-refractivity contribution in [3.8, 4) is 33.8 Å². The molecular weight excluding hydrogens is 486 g/mol. The van der Waals surface area contributed by atoms with E-state index in [2.05, 4.69) is 72.1 Å². The molecule has 0 fully saturated rings. The van der Waals surface area contributed by atoms with Crippen molar-refractivity contribution in [2.75, 3.05) is 0 Å². The molecule has 3 aromatic heterocycles. The normalized spacial score (nSPS) is 9.60. The van der Waals surface area contributed by atoms with Crippen LogP contribution in [0.4, 0.5) is 0 Å². The van der Waals surface area contributed by atoms with Gasteiger partial charge in [-0.1, -0.05) is 130 Å². The number of aromatic nitrogens is 3. The molecule has 3 heteroatoms. The summed E-state index contributed by atoms with van der Waals surface area (Å²) in [5.41, 5.74) is 6.57. The van der Waals surface area contributed by atoms with Gasteiger partial charge in [-0.2, -0.15) is 0 Å². The highest BCUT2D eigenvalue weighted by Gasteiger charge is 1.95. The average molecular weight is 524 g/mol. The van der Waals surface area contributed by atoms with Crippen molar-refractivity contribution in [2.24, 2.45) is 5.92 Å². The molecular formula is C37H37N3. The summed E-state index contributed by atoms with van der Waals surface area (Å²) >= 11 is 0. The first-order chi connectivity index (χ1) is 19.6. The fourth-order valence-corrected chi connectivity index (χ4v) is 3.43. The molecule has 3 nitrogen and oxygen atoms in total. The quantitative estimate of drug-likeness (QED) is 0.232. The third-order valence-corrected chi connectivity index (χ3v) is 5.20. The fraction of sp³-hybridized carbons (Fsp3) is 0.108. The van der Waals surface area contributed by atoms with Crippen LogP contribution < -0.4 is 0 Å². The first-order valence-electron chi connectivity index (χ1n) is 13.5. The summed E-state index contributed by atoms with van der Waals surface area (Å²) in [5.74, 6) is 0.833. The molecule has 6 aromatic rings. The van der Waals surface area contributed by atoms with E-state index in [1.54, 1.807) is 0 Å². The summed E-state index contributed by atoms with van der Waals surface area (Å²) in [4.78, 5) is 12.7. The Morgan fingerprint density at radius 3 is 0.750 bits per heavy atom. The third kappa shape index (κ3) is 11.2. The van der Waals surface area contributed by atoms with Gasteiger partial charge in [-0.25, -0.2) is 0 Å². The Hall–Kier alpha value is -4.89. The van der Waals surface area contributed by atoms with Crippen molar-refractivity contribution in [2.45, 2.75) is 20.8 Å². The largest absolute Gasteiger partial charge is 0.256 e. The maximum atomic E-state index is 4.25. The summed E-state index contributed by atoms with van der Waals surface area (Å²) in [6.45, 7) is 6.50. The first kappa shape index (κ1) is 29.7. The van der Waals surface area contributed by atoms with Crippen LogP contribution in [0.25, 0.3) is 33.8 Å². The molecule has 0 amide bonds. The number of benzene rings is 3. The fourth-order valence-electron chi connectivity index (χ4n) is 3.43. The predicted molar refractivity (Wildman–Crippen MR) is 170 cm³/mol. The van der Waals surface area contributed by atoms with Crippen LogP contribution in [0.3, 0.4) is 0 Å². The van der Waals surface area contributed by atoms with E-state index in [4.69, 9.17) is 0 Å². The summed E-state index contributed by atoms with van der Waals surface area (Å²) in [6.07, 6.45) is 5.42. The second-order valence-corrected chi connectivity index (χ2v) is 9.48. The Labute approximate surface area is 239 Å². The molecule has 0 bridgehead atoms. The zero-order chi connectivity index (χ0) is 28.3. The molecule has 200 valence electrons. The molecule has 40 heavy (non-hydrogen) atoms. The third-order valence-electron chi connectivity index (χ3n) is 5.20. The monoisotopic (exact) mass is 523 g/mol. The highest BCUT2D eigenvalue weighted by Crippen LogP contribution is 2.16. The number of hydrogen-bond donors (Lipinski definition) is 0. The summed E-state index contributed by atoms with van der Waals surface area (Å²) in [5, 5.41) is 0. The molecule has 0 atom stereocenters. The molecule has 3 aromatic carbocycles. The molecule has 0 aliphatic heterocycles. The lowest BCUT2D eigenvalue weighted by Crippen LogP contribution is -1.79. The second kappa shape index (κ2) is 17.6. The summed E-state index contributed by atoms with van der Waals surface area (Å²) in [7, 11) is 0. The minimum Gasteiger partial charge on any atom is -0.256 e. The Bertz CT molecular complexity index is 1130. The van der Waals surface area contributed by atoms with E-state index in [0.29, 0.717) is 0 Å². The number of nitrogens with zero attached hydrogens (tertiary/aromatic N) is 3. The van der Waals surface area contributed by atoms with E-state index in [1.807, 2.05) is 128 Å². The molecule has 0 radical (unpaired) electrons. The maximum absolute atomic E-state index is 4.25. The Balaban J connectivity index is 0.000000155. The van der Waals surface area contributed by atoms with E-state index in [0.717, 1.165) is 39.7 Å². The number of rotatable bonds is 3. The lowest BCUT2D eigenvalue weighted by atomic mass is 10.1. The Kier molecular flexibility index (Phi) is 13.0. The van der Waals surface area contributed by atoms with Gasteiger partial charge in [-0.3, -0.25) is 15.0 Å². The topological polar surface area (TPSA) is 38.7 Å². The smallest absolute Gasteiger partial charge is 0.0701 e. The van der Waals surface area contributed by atoms with Crippen molar-refractivity contribution in [1.29, 1.82) is 0 Å². The van der Waals surface area contributed by atoms with Crippen molar-refractivity contribution in [3.63, 3.8) is 0 Å². The van der Waals surface area contributed by atoms with Gasteiger partial charge in [0.05, 0.1) is 17.1 Å². The lowest BCUT2D eigenvalue weighted by Gasteiger charge is -1.97. The average Bonchev–Trinajstić information content (AvgIpc) is 3.04. The van der Waals surface area contributed by atoms with Gasteiger partial charge in [0, 0.05) is 35.3 Å². The van der Waals surface area contributed by atoms with Crippen LogP contribution in [0, 0.1) is 5.92 Å². The molecule has 3 heterocycles. The molecule has 0 aliphatic carbocycles. The number of hydrogen-bond acceptors (Lipinski definition) is 3. The van der Waals surface area contributed by atoms with Crippen LogP contribution in [0.5, 0.6) is 0 Å². The van der Waals surface area contributed by atoms with Crippen molar-refractivity contribution in [3.05, 3.63) is 164 Å². The zero-order valence-corrected chi connectivity index (χ0v) is 23.5. The minimum absolute atomic E-state index is 0.833. The van der Waals surface area contributed by atoms with Gasteiger partial charge >= 0.3 is 0 Å². The van der Waals surface area contributed by atoms with Gasteiger partial charge in [0.1, 0.15) is 0 Å². The van der Waals surface area contributed by atoms with Crippen molar-refractivity contribution in [1.82, 2.24) is 15.0 Å². The zero-order valence-electron chi connectivity index (χ0n) is 23.5. The lowest BCUT2D eigenvalue weighted by molar-refractivity contribution is 0.737. The van der Waals surface area contributed by atoms with E-state index in [1.165, 1.54) is 0 Å². The predicted octanol–water partition coefficient (Wildman–Crippen LogP) is 9.91. The van der Waals surface area contributed by atoms with Crippen LogP contribution in [0.2, 0.25) is 0 Å². The van der Waals surface area contributed by atoms with Crippen LogP contribution in [-0.4, -0.2) is 15.0 Å². The number of pyridine rings is 3. The SMILES string of the molecule is CC(C)C.c1ccc(-c2ccccn2)cc1.c1ccc(-c2ccccn2)cc1.c1ccc(-c2ccccn2)cc1. The van der Waals surface area contributed by atoms with E-state index in [9.17, 15) is 0 Å². The van der Waals surface area contributed by atoms with Crippen LogP contribution in [-0.2, 0) is 0 Å². The van der Waals surface area contributed by atoms with Crippen LogP contribution >= 0.6 is 0 Å². The molecule has 0 N–H and O–H groups in total. The second-order valence-electron chi connectivity index (χ2n) is 9.48. The molecule has 0 unspecified atom stereocenters. The summed E-state index contributed by atoms with van der Waals surface area (Å²) < 4.78 is 0. The van der Waals surface area contributed by atoms with Gasteiger partial charge in [-0.05, 0) is 42.3 Å². The van der Waals surface area contributed by atoms with Gasteiger partial charge < -0.3 is 0 Å². The molecule has 6 rings (SSSR count). The van der Waals surface area contributed by atoms with E-state index in [-0.39, 0.29) is 0 Å². The van der Waals surface area contributed by atoms with Crippen LogP contribution in [0.15, 0.2) is 164 Å². The van der Waals surface area contributed by atoms with Gasteiger partial charge in [0.25, 0.3) is 0 Å². The first-order valence-corrected chi connectivity index (χ1v) is 13.5. The maximum Gasteiger partial charge on any atom is 0.0701 e. The Morgan fingerprint density at radius 2 is 0.550 bits per heavy atom. The molecule has 0 saturated carbocycles. The van der Waals surface area contributed by atoms with Gasteiger partial charge in [-0.15, -0.1) is 0 Å². The van der Waals surface area contributed by atoms with Gasteiger partial charge in [0.2, 0.25) is 0 Å².